The summed E-state index contributed by atoms with van der Waals surface area (Å²) in [5.74, 6) is 0.532. The zero-order valence-corrected chi connectivity index (χ0v) is 20.7. The summed E-state index contributed by atoms with van der Waals surface area (Å²) < 4.78 is 26.4. The van der Waals surface area contributed by atoms with Gasteiger partial charge in [0.25, 0.3) is 0 Å². The molecule has 1 saturated heterocycles. The Morgan fingerprint density at radius 1 is 0.971 bits per heavy atom. The van der Waals surface area contributed by atoms with Crippen molar-refractivity contribution in [2.24, 2.45) is 0 Å². The second kappa shape index (κ2) is 9.96. The second-order valence-corrected chi connectivity index (χ2v) is 12.2. The van der Waals surface area contributed by atoms with Gasteiger partial charge in [-0.1, -0.05) is 73.1 Å². The third kappa shape index (κ3) is 4.93. The summed E-state index contributed by atoms with van der Waals surface area (Å²) in [6, 6.07) is 20.1. The molecule has 2 fully saturated rings. The fourth-order valence-corrected chi connectivity index (χ4v) is 7.73. The van der Waals surface area contributed by atoms with Crippen molar-refractivity contribution >= 4 is 27.5 Å². The molecule has 1 aromatic heterocycles. The van der Waals surface area contributed by atoms with Crippen molar-refractivity contribution < 1.29 is 13.2 Å². The van der Waals surface area contributed by atoms with Crippen LogP contribution in [0, 0.1) is 0 Å². The lowest BCUT2D eigenvalue weighted by Gasteiger charge is -2.34. The van der Waals surface area contributed by atoms with Crippen molar-refractivity contribution in [2.75, 3.05) is 17.3 Å². The van der Waals surface area contributed by atoms with Gasteiger partial charge in [-0.15, -0.1) is 0 Å². The van der Waals surface area contributed by atoms with E-state index >= 15 is 0 Å². The van der Waals surface area contributed by atoms with Crippen LogP contribution in [0.2, 0.25) is 0 Å². The van der Waals surface area contributed by atoms with E-state index in [-0.39, 0.29) is 35.2 Å². The highest BCUT2D eigenvalue weighted by molar-refractivity contribution is 7.99. The lowest BCUT2D eigenvalue weighted by molar-refractivity contribution is -0.132. The van der Waals surface area contributed by atoms with Crippen molar-refractivity contribution in [1.82, 2.24) is 14.5 Å². The Bertz CT molecular complexity index is 1240. The molecule has 1 aliphatic heterocycles. The van der Waals surface area contributed by atoms with Gasteiger partial charge in [0.15, 0.2) is 15.0 Å². The van der Waals surface area contributed by atoms with E-state index in [1.807, 2.05) is 59.6 Å². The van der Waals surface area contributed by atoms with Crippen molar-refractivity contribution in [3.63, 3.8) is 0 Å². The number of nitrogens with zero attached hydrogens (tertiary/aromatic N) is 3. The monoisotopic (exact) mass is 495 g/mol. The maximum atomic E-state index is 13.5. The van der Waals surface area contributed by atoms with Gasteiger partial charge in [-0.25, -0.2) is 13.4 Å². The van der Waals surface area contributed by atoms with Crippen LogP contribution in [0.25, 0.3) is 16.9 Å². The van der Waals surface area contributed by atoms with E-state index < -0.39 is 9.84 Å². The number of hydrogen-bond donors (Lipinski definition) is 0. The number of hydrogen-bond acceptors (Lipinski definition) is 5. The molecule has 8 heteroatoms. The fourth-order valence-electron chi connectivity index (χ4n) is 5.16. The Morgan fingerprint density at radius 2 is 1.65 bits per heavy atom. The molecule has 2 heterocycles. The Hall–Kier alpha value is -2.58. The first-order valence-corrected chi connectivity index (χ1v) is 14.7. The summed E-state index contributed by atoms with van der Waals surface area (Å²) in [5, 5.41) is 0.754. The second-order valence-electron chi connectivity index (χ2n) is 9.05. The van der Waals surface area contributed by atoms with Gasteiger partial charge in [-0.05, 0) is 31.4 Å². The standard InChI is InChI=1S/C26H29N3O3S2/c30-25(28(21-13-7-8-14-21)23-15-16-34(31,32)19-23)18-33-26-27-17-24(20-9-3-1-4-10-20)29(26)22-11-5-2-6-12-22/h1-6,9-12,17,21,23H,7-8,13-16,18-19H2/t23-/m0/s1. The number of benzene rings is 2. The minimum absolute atomic E-state index is 0.0165. The van der Waals surface area contributed by atoms with E-state index in [9.17, 15) is 13.2 Å². The minimum atomic E-state index is -3.06. The Labute approximate surface area is 205 Å². The van der Waals surface area contributed by atoms with E-state index in [1.165, 1.54) is 11.8 Å². The summed E-state index contributed by atoms with van der Waals surface area (Å²) in [5.41, 5.74) is 3.01. The molecule has 0 radical (unpaired) electrons. The maximum Gasteiger partial charge on any atom is 0.233 e. The van der Waals surface area contributed by atoms with Crippen LogP contribution in [0.1, 0.15) is 32.1 Å². The highest BCUT2D eigenvalue weighted by atomic mass is 32.2. The first-order valence-electron chi connectivity index (χ1n) is 11.8. The van der Waals surface area contributed by atoms with Crippen LogP contribution in [0.5, 0.6) is 0 Å². The number of thioether (sulfide) groups is 1. The molecular formula is C26H29N3O3S2. The van der Waals surface area contributed by atoms with Gasteiger partial charge < -0.3 is 4.90 Å². The van der Waals surface area contributed by atoms with Crippen LogP contribution in [0.15, 0.2) is 72.0 Å². The van der Waals surface area contributed by atoms with E-state index in [1.54, 1.807) is 0 Å². The maximum absolute atomic E-state index is 13.5. The van der Waals surface area contributed by atoms with E-state index in [0.717, 1.165) is 47.8 Å². The lowest BCUT2D eigenvalue weighted by Crippen LogP contribution is -2.47. The van der Waals surface area contributed by atoms with Crippen LogP contribution in [-0.2, 0) is 14.6 Å². The Kier molecular flexibility index (Phi) is 6.79. The average molecular weight is 496 g/mol. The van der Waals surface area contributed by atoms with Gasteiger partial charge in [-0.3, -0.25) is 9.36 Å². The molecule has 34 heavy (non-hydrogen) atoms. The quantitative estimate of drug-likeness (QED) is 0.448. The number of carbonyl (C=O) groups excluding carboxylic acids is 1. The molecule has 3 aromatic rings. The van der Waals surface area contributed by atoms with Gasteiger partial charge in [-0.2, -0.15) is 0 Å². The number of carbonyl (C=O) groups is 1. The molecule has 2 aliphatic rings. The SMILES string of the molecule is O=C(CSc1ncc(-c2ccccc2)n1-c1ccccc1)N(C1CCCC1)[C@H]1CCS(=O)(=O)C1. The normalized spacial score (nSPS) is 19.9. The summed E-state index contributed by atoms with van der Waals surface area (Å²) in [6.07, 6.45) is 6.52. The number of imidazole rings is 1. The highest BCUT2D eigenvalue weighted by Crippen LogP contribution is 2.32. The van der Waals surface area contributed by atoms with Gasteiger partial charge in [0.2, 0.25) is 5.91 Å². The average Bonchev–Trinajstić information content (AvgIpc) is 3.59. The predicted molar refractivity (Wildman–Crippen MR) is 136 cm³/mol. The zero-order chi connectivity index (χ0) is 23.5. The molecule has 178 valence electrons. The Balaban J connectivity index is 1.41. The molecule has 1 atom stereocenters. The van der Waals surface area contributed by atoms with Gasteiger partial charge in [0.05, 0.1) is 29.1 Å². The summed E-state index contributed by atoms with van der Waals surface area (Å²) >= 11 is 1.42. The minimum Gasteiger partial charge on any atom is -0.335 e. The van der Waals surface area contributed by atoms with Crippen LogP contribution >= 0.6 is 11.8 Å². The summed E-state index contributed by atoms with van der Waals surface area (Å²) in [7, 11) is -3.06. The molecule has 0 unspecified atom stereocenters. The lowest BCUT2D eigenvalue weighted by atomic mass is 10.1. The molecule has 0 spiro atoms. The van der Waals surface area contributed by atoms with Gasteiger partial charge in [0.1, 0.15) is 0 Å². The smallest absolute Gasteiger partial charge is 0.233 e. The van der Waals surface area contributed by atoms with Crippen LogP contribution in [0.4, 0.5) is 0 Å². The molecule has 1 saturated carbocycles. The molecule has 0 N–H and O–H groups in total. The third-order valence-electron chi connectivity index (χ3n) is 6.75. The molecule has 1 amide bonds. The van der Waals surface area contributed by atoms with Crippen molar-refractivity contribution in [3.8, 4) is 16.9 Å². The molecule has 2 aromatic carbocycles. The van der Waals surface area contributed by atoms with Crippen molar-refractivity contribution in [3.05, 3.63) is 66.9 Å². The number of rotatable bonds is 7. The Morgan fingerprint density at radius 3 is 2.29 bits per heavy atom. The van der Waals surface area contributed by atoms with Gasteiger partial charge >= 0.3 is 0 Å². The van der Waals surface area contributed by atoms with E-state index in [4.69, 9.17) is 0 Å². The van der Waals surface area contributed by atoms with Crippen molar-refractivity contribution in [2.45, 2.75) is 49.3 Å². The van der Waals surface area contributed by atoms with Crippen LogP contribution in [0.3, 0.4) is 0 Å². The first kappa shape index (κ1) is 23.2. The number of sulfone groups is 1. The predicted octanol–water partition coefficient (Wildman–Crippen LogP) is 4.59. The number of amides is 1. The summed E-state index contributed by atoms with van der Waals surface area (Å²) in [4.78, 5) is 20.1. The van der Waals surface area contributed by atoms with E-state index in [0.29, 0.717) is 6.42 Å². The van der Waals surface area contributed by atoms with Crippen LogP contribution in [-0.4, -0.2) is 58.1 Å². The topological polar surface area (TPSA) is 72.3 Å². The van der Waals surface area contributed by atoms with Crippen LogP contribution < -0.4 is 0 Å². The largest absolute Gasteiger partial charge is 0.335 e. The summed E-state index contributed by atoms with van der Waals surface area (Å²) in [6.45, 7) is 0. The van der Waals surface area contributed by atoms with Crippen molar-refractivity contribution in [1.29, 1.82) is 0 Å². The third-order valence-corrected chi connectivity index (χ3v) is 9.43. The molecule has 1 aliphatic carbocycles. The van der Waals surface area contributed by atoms with Gasteiger partial charge in [0, 0.05) is 23.3 Å². The number of aromatic nitrogens is 2. The zero-order valence-electron chi connectivity index (χ0n) is 19.0. The fraction of sp³-hybridized carbons (Fsp3) is 0.385. The number of para-hydroxylation sites is 1. The molecule has 6 nitrogen and oxygen atoms in total. The highest BCUT2D eigenvalue weighted by Gasteiger charge is 2.39. The molecular weight excluding hydrogens is 466 g/mol. The van der Waals surface area contributed by atoms with E-state index in [2.05, 4.69) is 21.7 Å². The first-order chi connectivity index (χ1) is 16.5. The molecule has 5 rings (SSSR count). The molecule has 0 bridgehead atoms.